The Morgan fingerprint density at radius 1 is 1.21 bits per heavy atom. The maximum Gasteiger partial charge on any atom is 0.240 e. The smallest absolute Gasteiger partial charge is 0.240 e. The number of nitrogens with one attached hydrogen (secondary N) is 1. The van der Waals surface area contributed by atoms with E-state index in [0.717, 1.165) is 36.3 Å². The van der Waals surface area contributed by atoms with E-state index in [9.17, 15) is 4.79 Å². The normalized spacial score (nSPS) is 16.4. The maximum absolute atomic E-state index is 12.0. The van der Waals surface area contributed by atoms with Crippen LogP contribution < -0.4 is 10.2 Å². The van der Waals surface area contributed by atoms with Crippen molar-refractivity contribution in [1.82, 2.24) is 25.3 Å². The van der Waals surface area contributed by atoms with E-state index in [0.29, 0.717) is 11.7 Å². The maximum atomic E-state index is 12.0. The lowest BCUT2D eigenvalue weighted by molar-refractivity contribution is -0.117. The van der Waals surface area contributed by atoms with Gasteiger partial charge in [-0.3, -0.25) is 15.0 Å². The van der Waals surface area contributed by atoms with Crippen LogP contribution in [0.4, 0.5) is 10.3 Å². The number of nitrogens with zero attached hydrogens (tertiary/aromatic N) is 6. The van der Waals surface area contributed by atoms with Gasteiger partial charge in [0, 0.05) is 31.6 Å². The number of hydrogen-bond acceptors (Lipinski definition) is 9. The minimum atomic E-state index is -0.0499. The summed E-state index contributed by atoms with van der Waals surface area (Å²) >= 11 is 2.98. The first kappa shape index (κ1) is 17.2. The summed E-state index contributed by atoms with van der Waals surface area (Å²) in [4.78, 5) is 16.4. The monoisotopic (exact) mass is 367 g/mol. The molecule has 1 amide bonds. The Labute approximate surface area is 148 Å². The zero-order valence-electron chi connectivity index (χ0n) is 14.0. The van der Waals surface area contributed by atoms with Crippen LogP contribution in [0.2, 0.25) is 0 Å². The molecule has 1 saturated heterocycles. The van der Waals surface area contributed by atoms with Gasteiger partial charge in [0.05, 0.1) is 6.54 Å². The third-order valence-electron chi connectivity index (χ3n) is 3.67. The minimum absolute atomic E-state index is 0.0283. The zero-order chi connectivity index (χ0) is 17.2. The molecular formula is C14H21N7OS2. The van der Waals surface area contributed by atoms with Crippen molar-refractivity contribution in [3.8, 4) is 0 Å². The summed E-state index contributed by atoms with van der Waals surface area (Å²) in [5.74, 6) is -0.0499. The summed E-state index contributed by atoms with van der Waals surface area (Å²) in [7, 11) is 0. The second kappa shape index (κ2) is 7.08. The summed E-state index contributed by atoms with van der Waals surface area (Å²) < 4.78 is 0. The molecule has 3 heterocycles. The Bertz CT molecular complexity index is 672. The van der Waals surface area contributed by atoms with Crippen LogP contribution in [0.15, 0.2) is 5.51 Å². The van der Waals surface area contributed by atoms with E-state index in [-0.39, 0.29) is 11.3 Å². The Morgan fingerprint density at radius 2 is 1.96 bits per heavy atom. The zero-order valence-corrected chi connectivity index (χ0v) is 15.7. The van der Waals surface area contributed by atoms with Crippen molar-refractivity contribution in [2.45, 2.75) is 26.2 Å². The second-order valence-electron chi connectivity index (χ2n) is 6.70. The summed E-state index contributed by atoms with van der Waals surface area (Å²) in [6, 6.07) is 0. The topological polar surface area (TPSA) is 87.1 Å². The van der Waals surface area contributed by atoms with E-state index in [2.05, 4.69) is 56.3 Å². The van der Waals surface area contributed by atoms with Crippen molar-refractivity contribution in [1.29, 1.82) is 0 Å². The van der Waals surface area contributed by atoms with Crippen LogP contribution in [0.25, 0.3) is 0 Å². The van der Waals surface area contributed by atoms with Crippen LogP contribution in [0.3, 0.4) is 0 Å². The van der Waals surface area contributed by atoms with Crippen molar-refractivity contribution in [3.05, 3.63) is 10.5 Å². The molecule has 0 saturated carbocycles. The molecule has 130 valence electrons. The van der Waals surface area contributed by atoms with Gasteiger partial charge < -0.3 is 4.90 Å². The van der Waals surface area contributed by atoms with Crippen LogP contribution in [0.1, 0.15) is 25.8 Å². The fourth-order valence-electron chi connectivity index (χ4n) is 2.33. The first-order valence-corrected chi connectivity index (χ1v) is 9.49. The molecule has 1 aliphatic heterocycles. The average molecular weight is 368 g/mol. The van der Waals surface area contributed by atoms with Gasteiger partial charge in [-0.05, 0) is 0 Å². The lowest BCUT2D eigenvalue weighted by Crippen LogP contribution is -2.48. The van der Waals surface area contributed by atoms with E-state index in [1.54, 1.807) is 16.8 Å². The standard InChI is InChI=1S/C14H21N7OS2/c1-14(2,3)11-17-19-13(24-11)21-6-4-20(5-7-21)8-10(22)16-12-18-15-9-23-12/h9H,4-8H2,1-3H3,(H,16,18,22). The van der Waals surface area contributed by atoms with Gasteiger partial charge in [-0.25, -0.2) is 0 Å². The van der Waals surface area contributed by atoms with Crippen molar-refractivity contribution in [3.63, 3.8) is 0 Å². The quantitative estimate of drug-likeness (QED) is 0.875. The molecule has 0 aromatic carbocycles. The molecule has 1 N–H and O–H groups in total. The number of piperazine rings is 1. The third-order valence-corrected chi connectivity index (χ3v) is 5.69. The van der Waals surface area contributed by atoms with Crippen LogP contribution in [0.5, 0.6) is 0 Å². The van der Waals surface area contributed by atoms with E-state index in [4.69, 9.17) is 0 Å². The molecule has 0 atom stereocenters. The highest BCUT2D eigenvalue weighted by molar-refractivity contribution is 7.15. The van der Waals surface area contributed by atoms with E-state index in [1.165, 1.54) is 11.3 Å². The Morgan fingerprint density at radius 3 is 2.54 bits per heavy atom. The number of hydrogen-bond donors (Lipinski definition) is 1. The van der Waals surface area contributed by atoms with Crippen molar-refractivity contribution in [2.24, 2.45) is 0 Å². The van der Waals surface area contributed by atoms with Crippen LogP contribution >= 0.6 is 22.7 Å². The number of carbonyl (C=O) groups excluding carboxylic acids is 1. The molecule has 0 aliphatic carbocycles. The molecule has 8 nitrogen and oxygen atoms in total. The van der Waals surface area contributed by atoms with Gasteiger partial charge in [0.1, 0.15) is 10.5 Å². The molecule has 24 heavy (non-hydrogen) atoms. The number of anilines is 2. The van der Waals surface area contributed by atoms with E-state index < -0.39 is 0 Å². The molecule has 1 fully saturated rings. The van der Waals surface area contributed by atoms with Crippen molar-refractivity contribution < 1.29 is 4.79 Å². The molecule has 0 bridgehead atoms. The Kier molecular flexibility index (Phi) is 5.07. The molecule has 1 aliphatic rings. The van der Waals surface area contributed by atoms with Crippen LogP contribution in [0, 0.1) is 0 Å². The molecule has 0 spiro atoms. The van der Waals surface area contributed by atoms with Crippen molar-refractivity contribution >= 4 is 38.8 Å². The second-order valence-corrected chi connectivity index (χ2v) is 8.48. The number of aromatic nitrogens is 4. The molecule has 0 radical (unpaired) electrons. The highest BCUT2D eigenvalue weighted by Gasteiger charge is 2.24. The minimum Gasteiger partial charge on any atom is -0.344 e. The largest absolute Gasteiger partial charge is 0.344 e. The highest BCUT2D eigenvalue weighted by Crippen LogP contribution is 2.30. The summed E-state index contributed by atoms with van der Waals surface area (Å²) in [6.07, 6.45) is 0. The van der Waals surface area contributed by atoms with Gasteiger partial charge in [0.2, 0.25) is 16.2 Å². The van der Waals surface area contributed by atoms with Crippen molar-refractivity contribution in [2.75, 3.05) is 42.9 Å². The fourth-order valence-corrected chi connectivity index (χ4v) is 3.75. The predicted molar refractivity (Wildman–Crippen MR) is 95.8 cm³/mol. The van der Waals surface area contributed by atoms with Gasteiger partial charge in [-0.1, -0.05) is 43.4 Å². The Balaban J connectivity index is 1.49. The first-order chi connectivity index (χ1) is 11.4. The molecule has 2 aromatic rings. The summed E-state index contributed by atoms with van der Waals surface area (Å²) in [5.41, 5.74) is 1.63. The van der Waals surface area contributed by atoms with Gasteiger partial charge in [0.15, 0.2) is 0 Å². The lowest BCUT2D eigenvalue weighted by atomic mass is 9.98. The number of carbonyl (C=O) groups is 1. The summed E-state index contributed by atoms with van der Waals surface area (Å²) in [5, 5.41) is 21.5. The number of amides is 1. The van der Waals surface area contributed by atoms with Crippen LogP contribution in [-0.2, 0) is 10.2 Å². The SMILES string of the molecule is CC(C)(C)c1nnc(N2CCN(CC(=O)Nc3nncs3)CC2)s1. The van der Waals surface area contributed by atoms with Gasteiger partial charge in [-0.15, -0.1) is 20.4 Å². The fraction of sp³-hybridized carbons (Fsp3) is 0.643. The van der Waals surface area contributed by atoms with E-state index in [1.807, 2.05) is 0 Å². The lowest BCUT2D eigenvalue weighted by Gasteiger charge is -2.33. The van der Waals surface area contributed by atoms with Crippen LogP contribution in [-0.4, -0.2) is 63.9 Å². The average Bonchev–Trinajstić information content (AvgIpc) is 3.18. The third kappa shape index (κ3) is 4.25. The highest BCUT2D eigenvalue weighted by atomic mass is 32.1. The van der Waals surface area contributed by atoms with Gasteiger partial charge >= 0.3 is 0 Å². The molecular weight excluding hydrogens is 346 g/mol. The Hall–Kier alpha value is -1.65. The first-order valence-electron chi connectivity index (χ1n) is 7.79. The summed E-state index contributed by atoms with van der Waals surface area (Å²) in [6.45, 7) is 10.2. The predicted octanol–water partition coefficient (Wildman–Crippen LogP) is 1.45. The van der Waals surface area contributed by atoms with Gasteiger partial charge in [-0.2, -0.15) is 0 Å². The molecule has 2 aromatic heterocycles. The molecule has 3 rings (SSSR count). The van der Waals surface area contributed by atoms with E-state index >= 15 is 0 Å². The molecule has 10 heteroatoms. The number of rotatable bonds is 4. The van der Waals surface area contributed by atoms with Gasteiger partial charge in [0.25, 0.3) is 0 Å². The molecule has 0 unspecified atom stereocenters.